The molecule has 1 saturated heterocycles. The molecule has 1 fully saturated rings. The number of carbonyl (C=O) groups excluding carboxylic acids is 1. The Morgan fingerprint density at radius 1 is 1.00 bits per heavy atom. The van der Waals surface area contributed by atoms with Gasteiger partial charge in [0.25, 0.3) is 5.91 Å². The van der Waals surface area contributed by atoms with Crippen LogP contribution in [0.2, 0.25) is 0 Å². The van der Waals surface area contributed by atoms with E-state index in [2.05, 4.69) is 11.8 Å². The SMILES string of the molecule is CC1(O)CN(C(=O)c2ccc(C#Cc3ccccc3)cc2)C1. The van der Waals surface area contributed by atoms with Crippen molar-refractivity contribution in [3.8, 4) is 11.8 Å². The molecule has 0 radical (unpaired) electrons. The molecule has 0 atom stereocenters. The minimum Gasteiger partial charge on any atom is -0.386 e. The van der Waals surface area contributed by atoms with Crippen LogP contribution in [0.5, 0.6) is 0 Å². The molecule has 2 aromatic carbocycles. The summed E-state index contributed by atoms with van der Waals surface area (Å²) in [4.78, 5) is 13.8. The molecule has 1 aliphatic rings. The van der Waals surface area contributed by atoms with Gasteiger partial charge in [-0.15, -0.1) is 0 Å². The highest BCUT2D eigenvalue weighted by molar-refractivity contribution is 5.95. The van der Waals surface area contributed by atoms with Gasteiger partial charge in [0, 0.05) is 16.7 Å². The number of nitrogens with zero attached hydrogens (tertiary/aromatic N) is 1. The fourth-order valence-electron chi connectivity index (χ4n) is 2.46. The van der Waals surface area contributed by atoms with Gasteiger partial charge >= 0.3 is 0 Å². The van der Waals surface area contributed by atoms with Gasteiger partial charge < -0.3 is 10.0 Å². The molecule has 1 heterocycles. The van der Waals surface area contributed by atoms with E-state index in [4.69, 9.17) is 0 Å². The fraction of sp³-hybridized carbons (Fsp3) is 0.211. The molecule has 1 aliphatic heterocycles. The molecule has 0 unspecified atom stereocenters. The van der Waals surface area contributed by atoms with Crippen molar-refractivity contribution in [1.82, 2.24) is 4.90 Å². The number of hydrogen-bond donors (Lipinski definition) is 1. The van der Waals surface area contributed by atoms with Crippen molar-refractivity contribution >= 4 is 5.91 Å². The first-order valence-electron chi connectivity index (χ1n) is 7.22. The number of likely N-dealkylation sites (tertiary alicyclic amines) is 1. The van der Waals surface area contributed by atoms with Gasteiger partial charge in [-0.25, -0.2) is 0 Å². The molecule has 0 saturated carbocycles. The smallest absolute Gasteiger partial charge is 0.254 e. The molecule has 0 aliphatic carbocycles. The standard InChI is InChI=1S/C19H17NO2/c1-19(22)13-20(14-19)18(21)17-11-9-16(10-12-17)8-7-15-5-3-2-4-6-15/h2-6,9-12,22H,13-14H2,1H3. The summed E-state index contributed by atoms with van der Waals surface area (Å²) in [5.74, 6) is 6.12. The summed E-state index contributed by atoms with van der Waals surface area (Å²) in [6.07, 6.45) is 0. The Bertz CT molecular complexity index is 728. The predicted molar refractivity (Wildman–Crippen MR) is 85.4 cm³/mol. The largest absolute Gasteiger partial charge is 0.386 e. The van der Waals surface area contributed by atoms with Crippen molar-refractivity contribution < 1.29 is 9.90 Å². The van der Waals surface area contributed by atoms with E-state index in [0.29, 0.717) is 18.7 Å². The van der Waals surface area contributed by atoms with Crippen LogP contribution in [0.25, 0.3) is 0 Å². The van der Waals surface area contributed by atoms with E-state index in [1.807, 2.05) is 42.5 Å². The van der Waals surface area contributed by atoms with Crippen LogP contribution in [0.15, 0.2) is 54.6 Å². The van der Waals surface area contributed by atoms with Crippen molar-refractivity contribution in [1.29, 1.82) is 0 Å². The van der Waals surface area contributed by atoms with Gasteiger partial charge in [-0.2, -0.15) is 0 Å². The zero-order chi connectivity index (χ0) is 15.6. The Kier molecular flexibility index (Phi) is 3.70. The molecule has 22 heavy (non-hydrogen) atoms. The first-order chi connectivity index (χ1) is 10.5. The quantitative estimate of drug-likeness (QED) is 0.819. The number of carbonyl (C=O) groups is 1. The Hall–Kier alpha value is -2.57. The molecule has 3 rings (SSSR count). The minimum atomic E-state index is -0.739. The van der Waals surface area contributed by atoms with Crippen LogP contribution in [0.3, 0.4) is 0 Å². The average molecular weight is 291 g/mol. The van der Waals surface area contributed by atoms with Crippen LogP contribution in [0, 0.1) is 11.8 Å². The summed E-state index contributed by atoms with van der Waals surface area (Å²) < 4.78 is 0. The Balaban J connectivity index is 1.69. The molecule has 0 spiro atoms. The number of benzene rings is 2. The number of hydrogen-bond acceptors (Lipinski definition) is 2. The summed E-state index contributed by atoms with van der Waals surface area (Å²) in [7, 11) is 0. The first-order valence-corrected chi connectivity index (χ1v) is 7.22. The average Bonchev–Trinajstić information content (AvgIpc) is 2.51. The number of β-amino-alcohol motifs (C(OH)–C–C–N with tert-alkyl or cyclic N) is 1. The van der Waals surface area contributed by atoms with Gasteiger partial charge in [0.1, 0.15) is 0 Å². The van der Waals surface area contributed by atoms with Crippen molar-refractivity contribution in [2.45, 2.75) is 12.5 Å². The maximum atomic E-state index is 12.2. The zero-order valence-electron chi connectivity index (χ0n) is 12.4. The summed E-state index contributed by atoms with van der Waals surface area (Å²) >= 11 is 0. The van der Waals surface area contributed by atoms with Gasteiger partial charge in [0.2, 0.25) is 0 Å². The second kappa shape index (κ2) is 5.67. The van der Waals surface area contributed by atoms with Crippen molar-refractivity contribution in [2.75, 3.05) is 13.1 Å². The van der Waals surface area contributed by atoms with Gasteiger partial charge in [0.15, 0.2) is 0 Å². The first kappa shape index (κ1) is 14.4. The van der Waals surface area contributed by atoms with E-state index >= 15 is 0 Å². The molecule has 110 valence electrons. The summed E-state index contributed by atoms with van der Waals surface area (Å²) in [6.45, 7) is 2.52. The number of rotatable bonds is 1. The van der Waals surface area contributed by atoms with E-state index < -0.39 is 5.60 Å². The Morgan fingerprint density at radius 3 is 2.09 bits per heavy atom. The van der Waals surface area contributed by atoms with Crippen LogP contribution in [0.1, 0.15) is 28.4 Å². The number of amides is 1. The third kappa shape index (κ3) is 3.19. The molecule has 3 nitrogen and oxygen atoms in total. The second-order valence-corrected chi connectivity index (χ2v) is 5.85. The third-order valence-corrected chi connectivity index (χ3v) is 3.61. The number of aliphatic hydroxyl groups is 1. The molecular weight excluding hydrogens is 274 g/mol. The molecular formula is C19H17NO2. The molecule has 1 N–H and O–H groups in total. The highest BCUT2D eigenvalue weighted by Gasteiger charge is 2.39. The van der Waals surface area contributed by atoms with E-state index in [-0.39, 0.29) is 5.91 Å². The molecule has 2 aromatic rings. The molecule has 1 amide bonds. The van der Waals surface area contributed by atoms with Crippen LogP contribution in [-0.2, 0) is 0 Å². The van der Waals surface area contributed by atoms with Crippen LogP contribution in [0.4, 0.5) is 0 Å². The fourth-order valence-corrected chi connectivity index (χ4v) is 2.46. The maximum Gasteiger partial charge on any atom is 0.254 e. The highest BCUT2D eigenvalue weighted by atomic mass is 16.3. The predicted octanol–water partition coefficient (Wildman–Crippen LogP) is 2.29. The lowest BCUT2D eigenvalue weighted by atomic mass is 9.96. The molecule has 0 bridgehead atoms. The second-order valence-electron chi connectivity index (χ2n) is 5.85. The van der Waals surface area contributed by atoms with Crippen LogP contribution < -0.4 is 0 Å². The van der Waals surface area contributed by atoms with E-state index in [1.54, 1.807) is 24.0 Å². The van der Waals surface area contributed by atoms with Gasteiger partial charge in [-0.05, 0) is 43.3 Å². The monoisotopic (exact) mass is 291 g/mol. The van der Waals surface area contributed by atoms with Crippen LogP contribution in [-0.4, -0.2) is 34.6 Å². The van der Waals surface area contributed by atoms with Gasteiger partial charge in [0.05, 0.1) is 18.7 Å². The molecule has 3 heteroatoms. The summed E-state index contributed by atoms with van der Waals surface area (Å²) in [5, 5.41) is 9.69. The van der Waals surface area contributed by atoms with Gasteiger partial charge in [-0.1, -0.05) is 30.0 Å². The Labute approximate surface area is 130 Å². The lowest BCUT2D eigenvalue weighted by molar-refractivity contribution is -0.0668. The highest BCUT2D eigenvalue weighted by Crippen LogP contribution is 2.22. The zero-order valence-corrected chi connectivity index (χ0v) is 12.4. The van der Waals surface area contributed by atoms with Crippen molar-refractivity contribution in [3.05, 3.63) is 71.3 Å². The van der Waals surface area contributed by atoms with Gasteiger partial charge in [-0.3, -0.25) is 4.79 Å². The maximum absolute atomic E-state index is 12.2. The summed E-state index contributed by atoms with van der Waals surface area (Å²) in [6, 6.07) is 17.0. The lowest BCUT2D eigenvalue weighted by Gasteiger charge is -2.44. The van der Waals surface area contributed by atoms with Crippen molar-refractivity contribution in [3.63, 3.8) is 0 Å². The normalized spacial score (nSPS) is 15.5. The minimum absolute atomic E-state index is 0.0471. The third-order valence-electron chi connectivity index (χ3n) is 3.61. The van der Waals surface area contributed by atoms with E-state index in [0.717, 1.165) is 11.1 Å². The van der Waals surface area contributed by atoms with E-state index in [1.165, 1.54) is 0 Å². The summed E-state index contributed by atoms with van der Waals surface area (Å²) in [5.41, 5.74) is 1.72. The Morgan fingerprint density at radius 2 is 1.55 bits per heavy atom. The van der Waals surface area contributed by atoms with E-state index in [9.17, 15) is 9.90 Å². The topological polar surface area (TPSA) is 40.5 Å². The molecule has 0 aromatic heterocycles. The van der Waals surface area contributed by atoms with Crippen LogP contribution >= 0.6 is 0 Å². The lowest BCUT2D eigenvalue weighted by Crippen LogP contribution is -2.61. The van der Waals surface area contributed by atoms with Crippen molar-refractivity contribution in [2.24, 2.45) is 0 Å².